The highest BCUT2D eigenvalue weighted by molar-refractivity contribution is 5.30. The third kappa shape index (κ3) is 0.614. The van der Waals surface area contributed by atoms with Gasteiger partial charge in [-0.25, -0.2) is 0 Å². The maximum atomic E-state index is 5.43. The topological polar surface area (TPSA) is 9.23 Å². The molecule has 0 radical (unpaired) electrons. The molecular formula is C12H18O. The Morgan fingerprint density at radius 1 is 1.08 bits per heavy atom. The van der Waals surface area contributed by atoms with Crippen LogP contribution in [0.3, 0.4) is 0 Å². The first-order chi connectivity index (χ1) is 6.22. The van der Waals surface area contributed by atoms with Crippen molar-refractivity contribution >= 4 is 0 Å². The second kappa shape index (κ2) is 1.71. The van der Waals surface area contributed by atoms with E-state index in [-0.39, 0.29) is 0 Å². The van der Waals surface area contributed by atoms with Gasteiger partial charge in [0.2, 0.25) is 0 Å². The standard InChI is InChI=1S/C12H18O/c1-13-8-10-2-9-3-11(5-10)7-12(11,4-9)6-10/h9H,2-8H2,1H3/t9?,10?,11-,12+. The van der Waals surface area contributed by atoms with E-state index >= 15 is 0 Å². The van der Waals surface area contributed by atoms with E-state index in [2.05, 4.69) is 0 Å². The fourth-order valence-corrected chi connectivity index (χ4v) is 5.87. The van der Waals surface area contributed by atoms with Crippen molar-refractivity contribution in [3.05, 3.63) is 0 Å². The van der Waals surface area contributed by atoms with Crippen LogP contribution in [0.2, 0.25) is 0 Å². The molecule has 0 amide bonds. The van der Waals surface area contributed by atoms with Crippen molar-refractivity contribution in [2.45, 2.75) is 38.5 Å². The van der Waals surface area contributed by atoms with Crippen LogP contribution in [0, 0.1) is 22.2 Å². The summed E-state index contributed by atoms with van der Waals surface area (Å²) in [6.45, 7) is 1.05. The first kappa shape index (κ1) is 7.28. The SMILES string of the molecule is COCC12CC3C[C@]4(C1)C[C@@]4(C3)C2. The summed E-state index contributed by atoms with van der Waals surface area (Å²) >= 11 is 0. The van der Waals surface area contributed by atoms with Gasteiger partial charge in [0.25, 0.3) is 0 Å². The van der Waals surface area contributed by atoms with E-state index in [0.717, 1.165) is 23.4 Å². The third-order valence-electron chi connectivity index (χ3n) is 5.63. The monoisotopic (exact) mass is 178 g/mol. The van der Waals surface area contributed by atoms with Crippen molar-refractivity contribution in [2.24, 2.45) is 22.2 Å². The molecule has 0 N–H and O–H groups in total. The Hall–Kier alpha value is -0.0400. The Balaban J connectivity index is 1.74. The minimum Gasteiger partial charge on any atom is -0.384 e. The molecule has 5 rings (SSSR count). The molecule has 72 valence electrons. The van der Waals surface area contributed by atoms with Crippen molar-refractivity contribution in [2.75, 3.05) is 13.7 Å². The number of hydrogen-bond acceptors (Lipinski definition) is 1. The summed E-state index contributed by atoms with van der Waals surface area (Å²) in [6.07, 6.45) is 9.28. The lowest BCUT2D eigenvalue weighted by molar-refractivity contribution is 0.00546. The molecule has 5 aliphatic carbocycles. The fourth-order valence-electron chi connectivity index (χ4n) is 5.87. The van der Waals surface area contributed by atoms with Crippen molar-refractivity contribution in [3.63, 3.8) is 0 Å². The fraction of sp³-hybridized carbons (Fsp3) is 1.00. The molecule has 0 aromatic carbocycles. The van der Waals surface area contributed by atoms with Gasteiger partial charge in [-0.05, 0) is 60.7 Å². The second-order valence-corrected chi connectivity index (χ2v) is 6.50. The highest BCUT2D eigenvalue weighted by atomic mass is 16.5. The first-order valence-corrected chi connectivity index (χ1v) is 5.71. The van der Waals surface area contributed by atoms with Crippen LogP contribution >= 0.6 is 0 Å². The van der Waals surface area contributed by atoms with E-state index in [0.29, 0.717) is 5.41 Å². The average molecular weight is 178 g/mol. The summed E-state index contributed by atoms with van der Waals surface area (Å²) in [7, 11) is 1.88. The predicted molar refractivity (Wildman–Crippen MR) is 50.4 cm³/mol. The zero-order valence-electron chi connectivity index (χ0n) is 8.44. The van der Waals surface area contributed by atoms with Gasteiger partial charge < -0.3 is 4.74 Å². The molecular weight excluding hydrogens is 160 g/mol. The quantitative estimate of drug-likeness (QED) is 0.631. The van der Waals surface area contributed by atoms with Crippen LogP contribution in [-0.4, -0.2) is 13.7 Å². The lowest BCUT2D eigenvalue weighted by Gasteiger charge is -2.42. The van der Waals surface area contributed by atoms with Gasteiger partial charge in [0, 0.05) is 7.11 Å². The van der Waals surface area contributed by atoms with Gasteiger partial charge in [-0.2, -0.15) is 0 Å². The summed E-state index contributed by atoms with van der Waals surface area (Å²) in [4.78, 5) is 0. The molecule has 5 fully saturated rings. The lowest BCUT2D eigenvalue weighted by atomic mass is 9.64. The summed E-state index contributed by atoms with van der Waals surface area (Å²) in [5, 5.41) is 0. The summed E-state index contributed by atoms with van der Waals surface area (Å²) in [5.41, 5.74) is 2.36. The molecule has 0 heterocycles. The third-order valence-corrected chi connectivity index (χ3v) is 5.63. The van der Waals surface area contributed by atoms with Crippen molar-refractivity contribution < 1.29 is 4.74 Å². The van der Waals surface area contributed by atoms with Crippen LogP contribution < -0.4 is 0 Å². The Morgan fingerprint density at radius 2 is 1.77 bits per heavy atom. The van der Waals surface area contributed by atoms with Crippen molar-refractivity contribution in [1.29, 1.82) is 0 Å². The Labute approximate surface area is 79.8 Å². The molecule has 5 aliphatic rings. The highest BCUT2D eigenvalue weighted by Crippen LogP contribution is 2.90. The summed E-state index contributed by atoms with van der Waals surface area (Å²) in [6, 6.07) is 0. The van der Waals surface area contributed by atoms with Gasteiger partial charge in [-0.1, -0.05) is 0 Å². The van der Waals surface area contributed by atoms with Gasteiger partial charge in [-0.15, -0.1) is 0 Å². The van der Waals surface area contributed by atoms with Crippen LogP contribution in [0.1, 0.15) is 38.5 Å². The van der Waals surface area contributed by atoms with E-state index in [4.69, 9.17) is 4.74 Å². The van der Waals surface area contributed by atoms with Gasteiger partial charge in [-0.3, -0.25) is 0 Å². The number of hydrogen-bond donors (Lipinski definition) is 0. The van der Waals surface area contributed by atoms with E-state index in [1.807, 2.05) is 7.11 Å². The van der Waals surface area contributed by atoms with Crippen molar-refractivity contribution in [3.8, 4) is 0 Å². The molecule has 0 aliphatic heterocycles. The largest absolute Gasteiger partial charge is 0.384 e. The number of ether oxygens (including phenoxy) is 1. The highest BCUT2D eigenvalue weighted by Gasteiger charge is 2.81. The molecule has 0 saturated heterocycles. The summed E-state index contributed by atoms with van der Waals surface area (Å²) in [5.74, 6) is 1.09. The lowest BCUT2D eigenvalue weighted by Crippen LogP contribution is -2.35. The maximum Gasteiger partial charge on any atom is 0.0519 e. The molecule has 13 heavy (non-hydrogen) atoms. The summed E-state index contributed by atoms with van der Waals surface area (Å²) < 4.78 is 5.43. The van der Waals surface area contributed by atoms with Crippen LogP contribution in [0.15, 0.2) is 0 Å². The molecule has 1 nitrogen and oxygen atoms in total. The normalized spacial score (nSPS) is 65.8. The molecule has 2 unspecified atom stereocenters. The van der Waals surface area contributed by atoms with Crippen LogP contribution in [-0.2, 0) is 4.74 Å². The molecule has 1 heteroatoms. The minimum absolute atomic E-state index is 0.647. The molecule has 4 atom stereocenters. The molecule has 0 aromatic heterocycles. The van der Waals surface area contributed by atoms with Crippen LogP contribution in [0.5, 0.6) is 0 Å². The molecule has 4 bridgehead atoms. The molecule has 0 aromatic rings. The zero-order valence-corrected chi connectivity index (χ0v) is 8.44. The van der Waals surface area contributed by atoms with E-state index < -0.39 is 0 Å². The zero-order chi connectivity index (χ0) is 8.73. The Morgan fingerprint density at radius 3 is 2.31 bits per heavy atom. The molecule has 2 spiro atoms. The smallest absolute Gasteiger partial charge is 0.0519 e. The van der Waals surface area contributed by atoms with Gasteiger partial charge in [0.15, 0.2) is 0 Å². The van der Waals surface area contributed by atoms with Gasteiger partial charge >= 0.3 is 0 Å². The number of methoxy groups -OCH3 is 1. The van der Waals surface area contributed by atoms with Crippen LogP contribution in [0.4, 0.5) is 0 Å². The van der Waals surface area contributed by atoms with E-state index in [1.165, 1.54) is 19.3 Å². The van der Waals surface area contributed by atoms with Gasteiger partial charge in [0.1, 0.15) is 0 Å². The maximum absolute atomic E-state index is 5.43. The number of rotatable bonds is 2. The minimum atomic E-state index is 0.647. The average Bonchev–Trinajstić information content (AvgIpc) is 2.37. The Kier molecular flexibility index (Phi) is 0.959. The molecule has 5 saturated carbocycles. The van der Waals surface area contributed by atoms with E-state index in [1.54, 1.807) is 19.3 Å². The van der Waals surface area contributed by atoms with E-state index in [9.17, 15) is 0 Å². The predicted octanol–water partition coefficient (Wildman–Crippen LogP) is 2.60. The second-order valence-electron chi connectivity index (χ2n) is 6.50. The van der Waals surface area contributed by atoms with Gasteiger partial charge in [0.05, 0.1) is 6.61 Å². The van der Waals surface area contributed by atoms with Crippen molar-refractivity contribution in [1.82, 2.24) is 0 Å². The van der Waals surface area contributed by atoms with Crippen LogP contribution in [0.25, 0.3) is 0 Å². The first-order valence-electron chi connectivity index (χ1n) is 5.71. The Bertz CT molecular complexity index is 265.